The third-order valence-corrected chi connectivity index (χ3v) is 7.66. The van der Waals surface area contributed by atoms with Crippen LogP contribution < -0.4 is 10.2 Å². The van der Waals surface area contributed by atoms with Gasteiger partial charge < -0.3 is 5.32 Å². The average Bonchev–Trinajstić information content (AvgIpc) is 3.43. The van der Waals surface area contributed by atoms with Crippen LogP contribution >= 0.6 is 23.2 Å². The summed E-state index contributed by atoms with van der Waals surface area (Å²) in [7, 11) is 0. The molecule has 2 aromatic carbocycles. The summed E-state index contributed by atoms with van der Waals surface area (Å²) < 4.78 is 14.3. The molecular weight excluding hydrogens is 444 g/mol. The number of amides is 3. The van der Waals surface area contributed by atoms with E-state index in [0.29, 0.717) is 29.2 Å². The molecule has 0 unspecified atom stereocenters. The van der Waals surface area contributed by atoms with E-state index in [-0.39, 0.29) is 16.8 Å². The summed E-state index contributed by atoms with van der Waals surface area (Å²) in [6.45, 7) is 0.555. The lowest BCUT2D eigenvalue weighted by Gasteiger charge is -2.36. The molecule has 0 saturated carbocycles. The maximum atomic E-state index is 14.3. The smallest absolute Gasteiger partial charge is 0.250 e. The predicted molar refractivity (Wildman–Crippen MR) is 112 cm³/mol. The van der Waals surface area contributed by atoms with Crippen molar-refractivity contribution in [3.05, 3.63) is 57.8 Å². The van der Waals surface area contributed by atoms with Gasteiger partial charge in [0.05, 0.1) is 22.5 Å². The number of anilines is 2. The van der Waals surface area contributed by atoms with Gasteiger partial charge in [0.1, 0.15) is 11.4 Å². The highest BCUT2D eigenvalue weighted by Crippen LogP contribution is 2.61. The fourth-order valence-electron chi connectivity index (χ4n) is 6.07. The molecule has 31 heavy (non-hydrogen) atoms. The zero-order valence-electron chi connectivity index (χ0n) is 16.1. The first-order valence-corrected chi connectivity index (χ1v) is 10.8. The van der Waals surface area contributed by atoms with Crippen molar-refractivity contribution in [1.29, 1.82) is 0 Å². The van der Waals surface area contributed by atoms with Crippen LogP contribution in [0.2, 0.25) is 10.0 Å². The lowest BCUT2D eigenvalue weighted by atomic mass is 9.75. The Balaban J connectivity index is 1.58. The number of hydrogen-bond donors (Lipinski definition) is 1. The van der Waals surface area contributed by atoms with Crippen molar-refractivity contribution in [3.63, 3.8) is 0 Å². The maximum Gasteiger partial charge on any atom is 0.250 e. The lowest BCUT2D eigenvalue weighted by Crippen LogP contribution is -2.54. The number of nitrogens with zero attached hydrogens (tertiary/aromatic N) is 2. The van der Waals surface area contributed by atoms with Gasteiger partial charge in [0.2, 0.25) is 17.7 Å². The van der Waals surface area contributed by atoms with Gasteiger partial charge in [0, 0.05) is 22.3 Å². The van der Waals surface area contributed by atoms with Crippen molar-refractivity contribution in [2.45, 2.75) is 24.4 Å². The molecule has 4 atom stereocenters. The first-order chi connectivity index (χ1) is 14.9. The van der Waals surface area contributed by atoms with E-state index >= 15 is 0 Å². The number of halogens is 3. The molecule has 0 aromatic heterocycles. The van der Waals surface area contributed by atoms with Gasteiger partial charge in [-0.15, -0.1) is 0 Å². The predicted octanol–water partition coefficient (Wildman–Crippen LogP) is 3.56. The molecule has 3 amide bonds. The molecule has 0 radical (unpaired) electrons. The van der Waals surface area contributed by atoms with Crippen LogP contribution in [0.5, 0.6) is 0 Å². The summed E-state index contributed by atoms with van der Waals surface area (Å²) in [5, 5.41) is 3.36. The summed E-state index contributed by atoms with van der Waals surface area (Å²) in [5.41, 5.74) is -0.332. The van der Waals surface area contributed by atoms with Crippen molar-refractivity contribution < 1.29 is 18.8 Å². The minimum Gasteiger partial charge on any atom is -0.324 e. The van der Waals surface area contributed by atoms with Gasteiger partial charge in [0.15, 0.2) is 0 Å². The summed E-state index contributed by atoms with van der Waals surface area (Å²) in [4.78, 5) is 43.9. The molecule has 0 bridgehead atoms. The van der Waals surface area contributed by atoms with E-state index in [1.165, 1.54) is 30.3 Å². The average molecular weight is 460 g/mol. The van der Waals surface area contributed by atoms with Crippen molar-refractivity contribution in [1.82, 2.24) is 4.90 Å². The van der Waals surface area contributed by atoms with Crippen LogP contribution in [-0.2, 0) is 19.9 Å². The maximum absolute atomic E-state index is 14.3. The Labute approximate surface area is 186 Å². The summed E-state index contributed by atoms with van der Waals surface area (Å²) >= 11 is 12.4. The summed E-state index contributed by atoms with van der Waals surface area (Å²) in [5.74, 6) is -3.49. The molecule has 6 rings (SSSR count). The minimum absolute atomic E-state index is 0.205. The highest BCUT2D eigenvalue weighted by Gasteiger charge is 2.74. The monoisotopic (exact) mass is 459 g/mol. The Morgan fingerprint density at radius 2 is 1.87 bits per heavy atom. The van der Waals surface area contributed by atoms with Crippen molar-refractivity contribution in [2.75, 3.05) is 16.8 Å². The fourth-order valence-corrected chi connectivity index (χ4v) is 6.44. The lowest BCUT2D eigenvalue weighted by molar-refractivity contribution is -0.135. The molecule has 9 heteroatoms. The second kappa shape index (κ2) is 6.28. The van der Waals surface area contributed by atoms with Gasteiger partial charge in [-0.25, -0.2) is 9.29 Å². The molecule has 3 fully saturated rings. The largest absolute Gasteiger partial charge is 0.324 e. The quantitative estimate of drug-likeness (QED) is 0.661. The van der Waals surface area contributed by atoms with E-state index in [1.54, 1.807) is 6.07 Å². The standard InChI is InChI=1S/C22H16Cl2FN3O3/c23-10-3-5-13(24)16(8-10)28-19(29)17-15-2-1-7-27(15)22(18(17)20(28)30)12-9-11(25)4-6-14(12)26-21(22)31/h3-6,8-9,15,17-18H,1-2,7H2,(H,26,31)/t15-,17+,18+,22+/m0/s1. The molecule has 1 N–H and O–H groups in total. The zero-order chi connectivity index (χ0) is 21.7. The van der Waals surface area contributed by atoms with Gasteiger partial charge in [-0.2, -0.15) is 0 Å². The summed E-state index contributed by atoms with van der Waals surface area (Å²) in [6.07, 6.45) is 1.46. The minimum atomic E-state index is -1.42. The second-order valence-electron chi connectivity index (χ2n) is 8.42. The van der Waals surface area contributed by atoms with Crippen LogP contribution in [-0.4, -0.2) is 35.2 Å². The number of nitrogens with one attached hydrogen (secondary N) is 1. The first-order valence-electron chi connectivity index (χ1n) is 10.1. The van der Waals surface area contributed by atoms with Gasteiger partial charge in [0.25, 0.3) is 0 Å². The Hall–Kier alpha value is -2.48. The molecule has 4 aliphatic rings. The second-order valence-corrected chi connectivity index (χ2v) is 9.27. The van der Waals surface area contributed by atoms with Crippen LogP contribution in [0.1, 0.15) is 18.4 Å². The van der Waals surface area contributed by atoms with Gasteiger partial charge in [-0.05, 0) is 55.8 Å². The topological polar surface area (TPSA) is 69.7 Å². The first kappa shape index (κ1) is 19.2. The van der Waals surface area contributed by atoms with E-state index in [1.807, 2.05) is 4.90 Å². The van der Waals surface area contributed by atoms with E-state index in [9.17, 15) is 18.8 Å². The Morgan fingerprint density at radius 1 is 1.06 bits per heavy atom. The molecule has 4 aliphatic heterocycles. The fraction of sp³-hybridized carbons (Fsp3) is 0.318. The van der Waals surface area contributed by atoms with Gasteiger partial charge in [-0.3, -0.25) is 19.3 Å². The number of benzene rings is 2. The molecule has 1 spiro atoms. The van der Waals surface area contributed by atoms with E-state index in [4.69, 9.17) is 23.2 Å². The molecular formula is C22H16Cl2FN3O3. The SMILES string of the molecule is O=C1[C@@H]2[C@@H]3CCCN3[C@@]3(C(=O)Nc4ccc(F)cc43)[C@H]2C(=O)N1c1cc(Cl)ccc1Cl. The number of hydrogen-bond acceptors (Lipinski definition) is 4. The van der Waals surface area contributed by atoms with E-state index in [0.717, 1.165) is 11.3 Å². The molecule has 4 heterocycles. The normalized spacial score (nSPS) is 31.4. The van der Waals surface area contributed by atoms with Crippen molar-refractivity contribution in [2.24, 2.45) is 11.8 Å². The van der Waals surface area contributed by atoms with E-state index in [2.05, 4.69) is 5.32 Å². The van der Waals surface area contributed by atoms with Crippen LogP contribution in [0.4, 0.5) is 15.8 Å². The molecule has 158 valence electrons. The molecule has 2 aromatic rings. The Bertz CT molecular complexity index is 1200. The van der Waals surface area contributed by atoms with Crippen LogP contribution in [0.15, 0.2) is 36.4 Å². The number of rotatable bonds is 1. The van der Waals surface area contributed by atoms with Crippen LogP contribution in [0, 0.1) is 17.7 Å². The van der Waals surface area contributed by atoms with Gasteiger partial charge in [-0.1, -0.05) is 23.2 Å². The summed E-state index contributed by atoms with van der Waals surface area (Å²) in [6, 6.07) is 8.36. The molecule has 6 nitrogen and oxygen atoms in total. The number of fused-ring (bicyclic) bond motifs is 7. The number of carbonyl (C=O) groups excluding carboxylic acids is 3. The highest BCUT2D eigenvalue weighted by atomic mass is 35.5. The van der Waals surface area contributed by atoms with E-state index < -0.39 is 40.9 Å². The Morgan fingerprint density at radius 3 is 2.68 bits per heavy atom. The number of carbonyl (C=O) groups is 3. The third-order valence-electron chi connectivity index (χ3n) is 7.10. The van der Waals surface area contributed by atoms with Crippen molar-refractivity contribution in [3.8, 4) is 0 Å². The Kier molecular flexibility index (Phi) is 3.89. The molecule has 3 saturated heterocycles. The van der Waals surface area contributed by atoms with Crippen LogP contribution in [0.3, 0.4) is 0 Å². The van der Waals surface area contributed by atoms with Crippen LogP contribution in [0.25, 0.3) is 0 Å². The molecule has 0 aliphatic carbocycles. The zero-order valence-corrected chi connectivity index (χ0v) is 17.6. The van der Waals surface area contributed by atoms with Crippen molar-refractivity contribution >= 4 is 52.3 Å². The van der Waals surface area contributed by atoms with Gasteiger partial charge >= 0.3 is 0 Å². The third kappa shape index (κ3) is 2.24. The number of imide groups is 1. The highest BCUT2D eigenvalue weighted by molar-refractivity contribution is 6.38.